The second-order valence-corrected chi connectivity index (χ2v) is 3.93. The van der Waals surface area contributed by atoms with Gasteiger partial charge in [0.15, 0.2) is 0 Å². The maximum absolute atomic E-state index is 11.3. The second kappa shape index (κ2) is 8.34. The minimum Gasteiger partial charge on any atom is -0.466 e. The molecule has 17 heavy (non-hydrogen) atoms. The van der Waals surface area contributed by atoms with E-state index in [-0.39, 0.29) is 24.3 Å². The molecule has 0 bridgehead atoms. The van der Waals surface area contributed by atoms with Gasteiger partial charge < -0.3 is 10.5 Å². The highest BCUT2D eigenvalue weighted by Gasteiger charge is 2.15. The van der Waals surface area contributed by atoms with Gasteiger partial charge in [0.05, 0.1) is 13.0 Å². The van der Waals surface area contributed by atoms with E-state index in [1.54, 1.807) is 19.1 Å². The van der Waals surface area contributed by atoms with Crippen LogP contribution in [0.4, 0.5) is 0 Å². The van der Waals surface area contributed by atoms with Crippen LogP contribution in [0.2, 0.25) is 5.02 Å². The largest absolute Gasteiger partial charge is 0.466 e. The summed E-state index contributed by atoms with van der Waals surface area (Å²) >= 11 is 5.79. The lowest BCUT2D eigenvalue weighted by Crippen LogP contribution is -2.18. The summed E-state index contributed by atoms with van der Waals surface area (Å²) in [6.45, 7) is 2.61. The van der Waals surface area contributed by atoms with E-state index in [9.17, 15) is 4.79 Å². The number of ether oxygens (including phenoxy) is 1. The van der Waals surface area contributed by atoms with Crippen LogP contribution in [0.3, 0.4) is 0 Å². The number of hydrogen-bond acceptors (Lipinski definition) is 3. The molecule has 0 saturated carbocycles. The van der Waals surface area contributed by atoms with E-state index >= 15 is 0 Å². The molecule has 0 aromatic heterocycles. The van der Waals surface area contributed by atoms with Gasteiger partial charge in [-0.15, -0.1) is 12.4 Å². The summed E-state index contributed by atoms with van der Waals surface area (Å²) in [5.74, 6) is -0.218. The highest BCUT2D eigenvalue weighted by molar-refractivity contribution is 6.30. The van der Waals surface area contributed by atoms with Crippen molar-refractivity contribution in [1.82, 2.24) is 0 Å². The van der Waals surface area contributed by atoms with Gasteiger partial charge in [0.2, 0.25) is 0 Å². The molecule has 0 saturated heterocycles. The summed E-state index contributed by atoms with van der Waals surface area (Å²) < 4.78 is 4.90. The molecule has 0 aliphatic rings. The number of halogens is 2. The molecule has 1 aromatic carbocycles. The number of nitrogens with two attached hydrogens (primary N) is 1. The minimum absolute atomic E-state index is 0. The van der Waals surface area contributed by atoms with Crippen molar-refractivity contribution in [3.63, 3.8) is 0 Å². The van der Waals surface area contributed by atoms with E-state index in [2.05, 4.69) is 0 Å². The highest BCUT2D eigenvalue weighted by Crippen LogP contribution is 2.21. The first kappa shape index (κ1) is 16.2. The van der Waals surface area contributed by atoms with Crippen LogP contribution in [0.5, 0.6) is 0 Å². The summed E-state index contributed by atoms with van der Waals surface area (Å²) in [7, 11) is 0. The molecular formula is C12H17Cl2NO2. The van der Waals surface area contributed by atoms with Crippen molar-refractivity contribution >= 4 is 30.0 Å². The van der Waals surface area contributed by atoms with Gasteiger partial charge in [-0.1, -0.05) is 23.7 Å². The molecule has 5 heteroatoms. The molecule has 0 amide bonds. The lowest BCUT2D eigenvalue weighted by Gasteiger charge is -2.14. The van der Waals surface area contributed by atoms with E-state index in [1.807, 2.05) is 12.1 Å². The quantitative estimate of drug-likeness (QED) is 0.842. The van der Waals surface area contributed by atoms with Crippen molar-refractivity contribution in [2.24, 2.45) is 5.73 Å². The Bertz CT molecular complexity index is 341. The molecule has 96 valence electrons. The Balaban J connectivity index is 0.00000256. The van der Waals surface area contributed by atoms with E-state index < -0.39 is 0 Å². The number of carbonyl (C=O) groups is 1. The van der Waals surface area contributed by atoms with Crippen molar-refractivity contribution in [3.8, 4) is 0 Å². The first-order valence-electron chi connectivity index (χ1n) is 5.28. The molecule has 2 N–H and O–H groups in total. The maximum Gasteiger partial charge on any atom is 0.306 e. The summed E-state index contributed by atoms with van der Waals surface area (Å²) in [4.78, 5) is 11.3. The Morgan fingerprint density at radius 1 is 1.41 bits per heavy atom. The zero-order chi connectivity index (χ0) is 12.0. The Morgan fingerprint density at radius 3 is 2.47 bits per heavy atom. The molecule has 0 radical (unpaired) electrons. The normalized spacial score (nSPS) is 11.5. The third kappa shape index (κ3) is 5.39. The highest BCUT2D eigenvalue weighted by atomic mass is 35.5. The van der Waals surface area contributed by atoms with Gasteiger partial charge in [-0.2, -0.15) is 0 Å². The first-order chi connectivity index (χ1) is 7.67. The first-order valence-corrected chi connectivity index (χ1v) is 5.66. The van der Waals surface area contributed by atoms with Crippen molar-refractivity contribution in [2.75, 3.05) is 13.2 Å². The average molecular weight is 278 g/mol. The van der Waals surface area contributed by atoms with Crippen molar-refractivity contribution in [2.45, 2.75) is 19.3 Å². The predicted molar refractivity (Wildman–Crippen MR) is 71.7 cm³/mol. The molecule has 1 rings (SSSR count). The summed E-state index contributed by atoms with van der Waals surface area (Å²) in [5, 5.41) is 0.677. The van der Waals surface area contributed by atoms with Gasteiger partial charge in [0.1, 0.15) is 0 Å². The van der Waals surface area contributed by atoms with Gasteiger partial charge in [0, 0.05) is 10.9 Å². The van der Waals surface area contributed by atoms with Gasteiger partial charge in [-0.3, -0.25) is 4.79 Å². The Kier molecular flexibility index (Phi) is 7.96. The number of hydrogen-bond donors (Lipinski definition) is 1. The van der Waals surface area contributed by atoms with Crippen molar-refractivity contribution in [1.29, 1.82) is 0 Å². The molecule has 0 aliphatic heterocycles. The third-order valence-corrected chi connectivity index (χ3v) is 2.60. The average Bonchev–Trinajstić information content (AvgIpc) is 2.27. The molecule has 3 nitrogen and oxygen atoms in total. The van der Waals surface area contributed by atoms with E-state index in [0.29, 0.717) is 24.6 Å². The van der Waals surface area contributed by atoms with Crippen LogP contribution < -0.4 is 5.73 Å². The van der Waals surface area contributed by atoms with Crippen LogP contribution in [0.15, 0.2) is 24.3 Å². The van der Waals surface area contributed by atoms with Crippen LogP contribution in [0.1, 0.15) is 24.8 Å². The van der Waals surface area contributed by atoms with Gasteiger partial charge >= 0.3 is 5.97 Å². The summed E-state index contributed by atoms with van der Waals surface area (Å²) in [6.07, 6.45) is 0.311. The van der Waals surface area contributed by atoms with Crippen LogP contribution in [0.25, 0.3) is 0 Å². The van der Waals surface area contributed by atoms with E-state index in [0.717, 1.165) is 5.56 Å². The number of carbonyl (C=O) groups excluding carboxylic acids is 1. The second-order valence-electron chi connectivity index (χ2n) is 3.49. The molecule has 1 atom stereocenters. The Labute approximate surface area is 113 Å². The third-order valence-electron chi connectivity index (χ3n) is 2.34. The van der Waals surface area contributed by atoms with Gasteiger partial charge in [0.25, 0.3) is 0 Å². The van der Waals surface area contributed by atoms with Crippen LogP contribution >= 0.6 is 24.0 Å². The van der Waals surface area contributed by atoms with Crippen molar-refractivity contribution < 1.29 is 9.53 Å². The summed E-state index contributed by atoms with van der Waals surface area (Å²) in [6, 6.07) is 7.37. The predicted octanol–water partition coefficient (Wildman–Crippen LogP) is 2.76. The molecule has 0 fully saturated rings. The monoisotopic (exact) mass is 277 g/mol. The van der Waals surface area contributed by atoms with Gasteiger partial charge in [-0.05, 0) is 31.2 Å². The van der Waals surface area contributed by atoms with Gasteiger partial charge in [-0.25, -0.2) is 0 Å². The number of esters is 1. The molecule has 1 aromatic rings. The Hall–Kier alpha value is -0.770. The molecular weight excluding hydrogens is 261 g/mol. The molecule has 0 spiro atoms. The fourth-order valence-electron chi connectivity index (χ4n) is 1.49. The zero-order valence-electron chi connectivity index (χ0n) is 9.69. The topological polar surface area (TPSA) is 52.3 Å². The molecule has 0 heterocycles. The standard InChI is InChI=1S/C12H16ClNO2.ClH/c1-2-16-12(15)7-10(8-14)9-3-5-11(13)6-4-9;/h3-6,10H,2,7-8,14H2,1H3;1H/t10-;/m0./s1. The van der Waals surface area contributed by atoms with Crippen LogP contribution in [-0.4, -0.2) is 19.1 Å². The smallest absolute Gasteiger partial charge is 0.306 e. The number of rotatable bonds is 5. The number of benzene rings is 1. The zero-order valence-corrected chi connectivity index (χ0v) is 11.3. The fourth-order valence-corrected chi connectivity index (χ4v) is 1.62. The van der Waals surface area contributed by atoms with Crippen molar-refractivity contribution in [3.05, 3.63) is 34.9 Å². The summed E-state index contributed by atoms with van der Waals surface area (Å²) in [5.41, 5.74) is 6.66. The van der Waals surface area contributed by atoms with Crippen LogP contribution in [-0.2, 0) is 9.53 Å². The van der Waals surface area contributed by atoms with Crippen LogP contribution in [0, 0.1) is 0 Å². The Morgan fingerprint density at radius 2 is 2.00 bits per heavy atom. The fraction of sp³-hybridized carbons (Fsp3) is 0.417. The maximum atomic E-state index is 11.3. The SMILES string of the molecule is CCOC(=O)C[C@@H](CN)c1ccc(Cl)cc1.Cl. The molecule has 0 aliphatic carbocycles. The van der Waals surface area contributed by atoms with E-state index in [4.69, 9.17) is 22.1 Å². The molecule has 0 unspecified atom stereocenters. The van der Waals surface area contributed by atoms with E-state index in [1.165, 1.54) is 0 Å². The lowest BCUT2D eigenvalue weighted by molar-refractivity contribution is -0.143. The minimum atomic E-state index is -0.215. The lowest BCUT2D eigenvalue weighted by atomic mass is 9.96.